The van der Waals surface area contributed by atoms with Crippen LogP contribution in [0.1, 0.15) is 47.4 Å². The van der Waals surface area contributed by atoms with Crippen molar-refractivity contribution in [3.05, 3.63) is 56.4 Å². The van der Waals surface area contributed by atoms with Crippen molar-refractivity contribution in [3.8, 4) is 0 Å². The third-order valence-electron chi connectivity index (χ3n) is 4.00. The van der Waals surface area contributed by atoms with Crippen molar-refractivity contribution >= 4 is 28.6 Å². The van der Waals surface area contributed by atoms with E-state index in [2.05, 4.69) is 15.4 Å². The van der Waals surface area contributed by atoms with Crippen LogP contribution in [0.5, 0.6) is 0 Å². The number of carbonyl (C=O) groups is 1. The highest BCUT2D eigenvalue weighted by Crippen LogP contribution is 2.24. The van der Waals surface area contributed by atoms with Gasteiger partial charge in [0.25, 0.3) is 6.43 Å². The smallest absolute Gasteiger partial charge is 0.282 e. The van der Waals surface area contributed by atoms with Crippen molar-refractivity contribution in [1.29, 1.82) is 0 Å². The summed E-state index contributed by atoms with van der Waals surface area (Å²) in [6.07, 6.45) is -0.342. The van der Waals surface area contributed by atoms with Gasteiger partial charge in [0.15, 0.2) is 0 Å². The average Bonchev–Trinajstić information content (AvgIpc) is 3.35. The first-order valence-corrected chi connectivity index (χ1v) is 9.83. The fourth-order valence-electron chi connectivity index (χ4n) is 2.67. The topological polar surface area (TPSA) is 59.8 Å². The quantitative estimate of drug-likeness (QED) is 0.647. The molecule has 26 heavy (non-hydrogen) atoms. The molecule has 1 N–H and O–H groups in total. The summed E-state index contributed by atoms with van der Waals surface area (Å²) in [6.45, 7) is 3.31. The summed E-state index contributed by atoms with van der Waals surface area (Å²) in [7, 11) is 0. The maximum absolute atomic E-state index is 12.9. The lowest BCUT2D eigenvalue weighted by Gasteiger charge is -2.20. The van der Waals surface area contributed by atoms with E-state index in [0.29, 0.717) is 12.1 Å². The van der Waals surface area contributed by atoms with E-state index in [4.69, 9.17) is 0 Å². The number of carbonyl (C=O) groups excluding carboxylic acids is 1. The number of amides is 1. The Morgan fingerprint density at radius 2 is 2.19 bits per heavy atom. The number of nitrogens with one attached hydrogen (secondary N) is 1. The summed E-state index contributed by atoms with van der Waals surface area (Å²) in [5, 5.41) is 13.5. The number of hydrogen-bond acceptors (Lipinski definition) is 5. The average molecular weight is 396 g/mol. The Bertz CT molecular complexity index is 846. The second-order valence-corrected chi connectivity index (χ2v) is 7.61. The molecule has 0 fully saturated rings. The van der Waals surface area contributed by atoms with Crippen LogP contribution < -0.4 is 5.32 Å². The third kappa shape index (κ3) is 4.16. The van der Waals surface area contributed by atoms with Gasteiger partial charge in [-0.1, -0.05) is 0 Å². The van der Waals surface area contributed by atoms with Gasteiger partial charge >= 0.3 is 0 Å². The predicted molar refractivity (Wildman–Crippen MR) is 97.7 cm³/mol. The molecule has 0 saturated heterocycles. The van der Waals surface area contributed by atoms with Crippen molar-refractivity contribution < 1.29 is 13.6 Å². The highest BCUT2D eigenvalue weighted by atomic mass is 32.1. The van der Waals surface area contributed by atoms with Gasteiger partial charge in [-0.2, -0.15) is 16.4 Å². The van der Waals surface area contributed by atoms with Crippen molar-refractivity contribution in [3.63, 3.8) is 0 Å². The zero-order valence-corrected chi connectivity index (χ0v) is 15.9. The van der Waals surface area contributed by atoms with Crippen molar-refractivity contribution in [2.75, 3.05) is 0 Å². The molecule has 0 aliphatic carbocycles. The SMILES string of the molecule is Cc1cc(C(F)F)nn1[C@H](C)C(=O)N[C@@H](Cc1ccsc1)c1nccs1. The first-order chi connectivity index (χ1) is 12.5. The van der Waals surface area contributed by atoms with Crippen LogP contribution in [0.2, 0.25) is 0 Å². The lowest BCUT2D eigenvalue weighted by Crippen LogP contribution is -2.35. The highest BCUT2D eigenvalue weighted by molar-refractivity contribution is 7.09. The van der Waals surface area contributed by atoms with E-state index in [1.54, 1.807) is 31.4 Å². The van der Waals surface area contributed by atoms with Crippen LogP contribution in [-0.4, -0.2) is 20.7 Å². The number of nitrogens with zero attached hydrogens (tertiary/aromatic N) is 3. The molecule has 0 aromatic carbocycles. The van der Waals surface area contributed by atoms with Crippen LogP contribution in [-0.2, 0) is 11.2 Å². The summed E-state index contributed by atoms with van der Waals surface area (Å²) in [4.78, 5) is 17.0. The summed E-state index contributed by atoms with van der Waals surface area (Å²) in [6, 6.07) is 2.34. The van der Waals surface area contributed by atoms with E-state index in [1.165, 1.54) is 22.1 Å². The van der Waals surface area contributed by atoms with Gasteiger partial charge < -0.3 is 5.32 Å². The van der Waals surface area contributed by atoms with E-state index < -0.39 is 12.5 Å². The Morgan fingerprint density at radius 1 is 1.38 bits per heavy atom. The molecule has 2 atom stereocenters. The van der Waals surface area contributed by atoms with Crippen LogP contribution in [0, 0.1) is 6.92 Å². The molecular formula is C17H18F2N4OS2. The number of halogens is 2. The molecule has 138 valence electrons. The molecule has 0 aliphatic rings. The summed E-state index contributed by atoms with van der Waals surface area (Å²) < 4.78 is 27.0. The van der Waals surface area contributed by atoms with Crippen molar-refractivity contribution in [2.24, 2.45) is 0 Å². The molecule has 0 radical (unpaired) electrons. The van der Waals surface area contributed by atoms with Gasteiger partial charge in [-0.15, -0.1) is 11.3 Å². The number of thiophene rings is 1. The number of hydrogen-bond donors (Lipinski definition) is 1. The van der Waals surface area contributed by atoms with Crippen molar-refractivity contribution in [1.82, 2.24) is 20.1 Å². The van der Waals surface area contributed by atoms with Crippen LogP contribution in [0.25, 0.3) is 0 Å². The van der Waals surface area contributed by atoms with E-state index in [1.807, 2.05) is 22.2 Å². The normalized spacial score (nSPS) is 13.7. The lowest BCUT2D eigenvalue weighted by molar-refractivity contribution is -0.125. The monoisotopic (exact) mass is 396 g/mol. The lowest BCUT2D eigenvalue weighted by atomic mass is 10.1. The fraction of sp³-hybridized carbons (Fsp3) is 0.353. The first kappa shape index (κ1) is 18.7. The maximum atomic E-state index is 12.9. The van der Waals surface area contributed by atoms with E-state index >= 15 is 0 Å². The number of rotatable bonds is 7. The Morgan fingerprint density at radius 3 is 2.77 bits per heavy atom. The molecular weight excluding hydrogens is 378 g/mol. The number of thiazole rings is 1. The van der Waals surface area contributed by atoms with Crippen LogP contribution in [0.4, 0.5) is 8.78 Å². The second kappa shape index (κ2) is 8.05. The minimum Gasteiger partial charge on any atom is -0.345 e. The molecule has 9 heteroatoms. The van der Waals surface area contributed by atoms with Gasteiger partial charge in [-0.3, -0.25) is 9.48 Å². The van der Waals surface area contributed by atoms with Gasteiger partial charge in [-0.25, -0.2) is 13.8 Å². The molecule has 5 nitrogen and oxygen atoms in total. The number of aryl methyl sites for hydroxylation is 1. The van der Waals surface area contributed by atoms with E-state index in [9.17, 15) is 13.6 Å². The van der Waals surface area contributed by atoms with Gasteiger partial charge in [0.1, 0.15) is 16.7 Å². The van der Waals surface area contributed by atoms with Gasteiger partial charge in [0, 0.05) is 23.7 Å². The fourth-order valence-corrected chi connectivity index (χ4v) is 4.04. The molecule has 0 aliphatic heterocycles. The van der Waals surface area contributed by atoms with Crippen LogP contribution in [0.3, 0.4) is 0 Å². The largest absolute Gasteiger partial charge is 0.345 e. The maximum Gasteiger partial charge on any atom is 0.282 e. The molecule has 0 spiro atoms. The zero-order valence-electron chi connectivity index (χ0n) is 14.2. The summed E-state index contributed by atoms with van der Waals surface area (Å²) in [5.74, 6) is -0.285. The molecule has 1 amide bonds. The molecule has 3 heterocycles. The first-order valence-electron chi connectivity index (χ1n) is 8.00. The zero-order chi connectivity index (χ0) is 18.7. The molecule has 3 aromatic rings. The Balaban J connectivity index is 1.76. The molecule has 0 bridgehead atoms. The predicted octanol–water partition coefficient (Wildman–Crippen LogP) is 4.31. The highest BCUT2D eigenvalue weighted by Gasteiger charge is 2.25. The molecule has 3 aromatic heterocycles. The van der Waals surface area contributed by atoms with Crippen molar-refractivity contribution in [2.45, 2.75) is 38.8 Å². The molecule has 0 unspecified atom stereocenters. The summed E-state index contributed by atoms with van der Waals surface area (Å²) >= 11 is 3.06. The number of alkyl halides is 2. The minimum absolute atomic E-state index is 0.273. The van der Waals surface area contributed by atoms with Gasteiger partial charge in [0.2, 0.25) is 5.91 Å². The Labute approximate surface area is 157 Å². The molecule has 0 saturated carbocycles. The Hall–Kier alpha value is -2.13. The van der Waals surface area contributed by atoms with Crippen LogP contribution >= 0.6 is 22.7 Å². The van der Waals surface area contributed by atoms with E-state index in [0.717, 1.165) is 10.6 Å². The second-order valence-electron chi connectivity index (χ2n) is 5.90. The van der Waals surface area contributed by atoms with Gasteiger partial charge in [-0.05, 0) is 42.3 Å². The standard InChI is InChI=1S/C17H18F2N4OS2/c1-10-7-13(15(18)19)22-23(10)11(2)16(24)21-14(17-20-4-6-26-17)8-12-3-5-25-9-12/h3-7,9,11,14-15H,8H2,1-2H3,(H,21,24)/t11-,14+/m1/s1. The number of aromatic nitrogens is 3. The third-order valence-corrected chi connectivity index (χ3v) is 5.62. The summed E-state index contributed by atoms with van der Waals surface area (Å²) in [5.41, 5.74) is 1.31. The van der Waals surface area contributed by atoms with Crippen LogP contribution in [0.15, 0.2) is 34.5 Å². The Kier molecular flexibility index (Phi) is 5.77. The minimum atomic E-state index is -2.66. The molecule has 3 rings (SSSR count). The van der Waals surface area contributed by atoms with Gasteiger partial charge in [0.05, 0.1) is 6.04 Å². The van der Waals surface area contributed by atoms with E-state index in [-0.39, 0.29) is 17.6 Å².